The van der Waals surface area contributed by atoms with Gasteiger partial charge in [0.15, 0.2) is 0 Å². The van der Waals surface area contributed by atoms with E-state index in [0.29, 0.717) is 297 Å². The zero-order valence-electron chi connectivity index (χ0n) is 48.5. The molecule has 27 nitrogen and oxygen atoms in total. The maximum atomic E-state index is 5.79. The van der Waals surface area contributed by atoms with Gasteiger partial charge in [-0.2, -0.15) is 0 Å². The lowest BCUT2D eigenvalue weighted by Crippen LogP contribution is -2.27. The molecule has 0 N–H and O–H groups in total. The van der Waals surface area contributed by atoms with E-state index in [1.54, 1.807) is 21.3 Å². The van der Waals surface area contributed by atoms with Crippen LogP contribution in [0.1, 0.15) is 0 Å². The van der Waals surface area contributed by atoms with Gasteiger partial charge >= 0.3 is 0 Å². The molecule has 0 aliphatic carbocycles. The molecule has 0 saturated carbocycles. The minimum Gasteiger partial charge on any atom is -0.382 e. The van der Waals surface area contributed by atoms with Crippen LogP contribution in [0.25, 0.3) is 0 Å². The summed E-state index contributed by atoms with van der Waals surface area (Å²) in [6.45, 7) is 21.1. The summed E-state index contributed by atoms with van der Waals surface area (Å²) in [5, 5.41) is 0. The van der Waals surface area contributed by atoms with Gasteiger partial charge in [-0.3, -0.25) is 0 Å². The van der Waals surface area contributed by atoms with E-state index in [-0.39, 0.29) is 19.8 Å². The zero-order chi connectivity index (χ0) is 56.6. The standard InChI is InChI=1S/C52H106O27/c1-53-4-7-56-10-13-59-16-19-62-22-25-65-28-31-68-34-37-71-40-43-74-46-49-77-52(78-50-47-75-44-41-72-38-35-69-32-29-66-26-23-63-20-17-60-14-11-57-8-5-54-2)79-51-48-76-45-42-73-39-36-70-33-30-67-27-24-64-21-18-61-15-12-58-9-6-55-3/h52H,4-51H2,1-3H3. The Bertz CT molecular complexity index is 930. The van der Waals surface area contributed by atoms with Crippen LogP contribution in [0.15, 0.2) is 0 Å². The molecule has 79 heavy (non-hydrogen) atoms. The lowest BCUT2D eigenvalue weighted by Gasteiger charge is -2.19. The number of methoxy groups -OCH3 is 3. The summed E-state index contributed by atoms with van der Waals surface area (Å²) in [7, 11) is 4.92. The van der Waals surface area contributed by atoms with Gasteiger partial charge in [-0.05, 0) is 0 Å². The second-order valence-corrected chi connectivity index (χ2v) is 15.7. The van der Waals surface area contributed by atoms with Crippen molar-refractivity contribution in [3.63, 3.8) is 0 Å². The Morgan fingerprint density at radius 1 is 0.127 bits per heavy atom. The van der Waals surface area contributed by atoms with Crippen LogP contribution in [0.4, 0.5) is 0 Å². The fourth-order valence-corrected chi connectivity index (χ4v) is 5.45. The molecule has 27 heteroatoms. The van der Waals surface area contributed by atoms with Crippen molar-refractivity contribution < 1.29 is 128 Å². The summed E-state index contributed by atoms with van der Waals surface area (Å²) in [5.74, 6) is 0. The van der Waals surface area contributed by atoms with Crippen LogP contribution in [0.3, 0.4) is 0 Å². The predicted octanol–water partition coefficient (Wildman–Crippen LogP) is 0.608. The molecule has 0 spiro atoms. The van der Waals surface area contributed by atoms with Crippen LogP contribution in [-0.4, -0.2) is 345 Å². The maximum absolute atomic E-state index is 5.79. The Kier molecular flexibility index (Phi) is 73.9. The molecule has 0 aromatic heterocycles. The first-order chi connectivity index (χ1) is 39.3. The summed E-state index contributed by atoms with van der Waals surface area (Å²) in [6, 6.07) is 0. The molecule has 0 saturated heterocycles. The van der Waals surface area contributed by atoms with E-state index in [1.807, 2.05) is 0 Å². The van der Waals surface area contributed by atoms with Crippen LogP contribution in [-0.2, 0) is 128 Å². The van der Waals surface area contributed by atoms with Gasteiger partial charge in [-0.25, -0.2) is 0 Å². The van der Waals surface area contributed by atoms with Gasteiger partial charge in [-0.1, -0.05) is 0 Å². The van der Waals surface area contributed by atoms with Crippen molar-refractivity contribution in [3.05, 3.63) is 0 Å². The largest absolute Gasteiger partial charge is 0.382 e. The molecule has 0 aliphatic heterocycles. The van der Waals surface area contributed by atoms with Crippen molar-refractivity contribution >= 4 is 0 Å². The van der Waals surface area contributed by atoms with Gasteiger partial charge in [0.1, 0.15) is 0 Å². The summed E-state index contributed by atoms with van der Waals surface area (Å²) in [6.07, 6.45) is 0. The molecular weight excluding hydrogens is 1060 g/mol. The molecule has 476 valence electrons. The van der Waals surface area contributed by atoms with E-state index in [9.17, 15) is 0 Å². The molecule has 0 fully saturated rings. The van der Waals surface area contributed by atoms with Crippen molar-refractivity contribution in [3.8, 4) is 0 Å². The van der Waals surface area contributed by atoms with E-state index in [0.717, 1.165) is 0 Å². The lowest BCUT2D eigenvalue weighted by molar-refractivity contribution is -0.295. The third-order valence-electron chi connectivity index (χ3n) is 9.44. The predicted molar refractivity (Wildman–Crippen MR) is 284 cm³/mol. The van der Waals surface area contributed by atoms with Crippen LogP contribution >= 0.6 is 0 Å². The van der Waals surface area contributed by atoms with Gasteiger partial charge in [0, 0.05) is 21.3 Å². The van der Waals surface area contributed by atoms with Gasteiger partial charge in [0.25, 0.3) is 6.48 Å². The first kappa shape index (κ1) is 77.9. The van der Waals surface area contributed by atoms with Crippen LogP contribution in [0.2, 0.25) is 0 Å². The molecule has 0 atom stereocenters. The second kappa shape index (κ2) is 74.9. The third-order valence-corrected chi connectivity index (χ3v) is 9.44. The minimum absolute atomic E-state index is 0.235. The third kappa shape index (κ3) is 73.0. The number of hydrogen-bond acceptors (Lipinski definition) is 27. The Labute approximate surface area is 471 Å². The minimum atomic E-state index is -0.943. The quantitative estimate of drug-likeness (QED) is 0.0598. The monoisotopic (exact) mass is 1160 g/mol. The molecule has 0 rings (SSSR count). The second-order valence-electron chi connectivity index (χ2n) is 15.7. The van der Waals surface area contributed by atoms with Crippen molar-refractivity contribution in [2.75, 3.05) is 338 Å². The normalized spacial score (nSPS) is 11.8. The first-order valence-corrected chi connectivity index (χ1v) is 27.8. The molecule has 0 aromatic rings. The highest BCUT2D eigenvalue weighted by molar-refractivity contribution is 4.43. The highest BCUT2D eigenvalue weighted by Crippen LogP contribution is 2.00. The summed E-state index contributed by atoms with van der Waals surface area (Å²) < 4.78 is 148. The zero-order valence-corrected chi connectivity index (χ0v) is 48.5. The van der Waals surface area contributed by atoms with Crippen molar-refractivity contribution in [1.82, 2.24) is 0 Å². The number of hydrogen-bond donors (Lipinski definition) is 0. The lowest BCUT2D eigenvalue weighted by atomic mass is 10.6. The number of ether oxygens (including phenoxy) is 27. The summed E-state index contributed by atoms with van der Waals surface area (Å²) in [5.41, 5.74) is 0. The molecular formula is C52H106O27. The Morgan fingerprint density at radius 2 is 0.215 bits per heavy atom. The Morgan fingerprint density at radius 3 is 0.316 bits per heavy atom. The van der Waals surface area contributed by atoms with Gasteiger partial charge in [0.2, 0.25) is 0 Å². The Balaban J connectivity index is 3.99. The van der Waals surface area contributed by atoms with Crippen LogP contribution < -0.4 is 0 Å². The van der Waals surface area contributed by atoms with Gasteiger partial charge in [-0.15, -0.1) is 0 Å². The Hall–Kier alpha value is -1.08. The molecule has 0 bridgehead atoms. The van der Waals surface area contributed by atoms with Crippen molar-refractivity contribution in [1.29, 1.82) is 0 Å². The smallest absolute Gasteiger partial charge is 0.271 e. The molecule has 0 radical (unpaired) electrons. The van der Waals surface area contributed by atoms with E-state index in [2.05, 4.69) is 0 Å². The fourth-order valence-electron chi connectivity index (χ4n) is 5.45. The molecule has 0 unspecified atom stereocenters. The van der Waals surface area contributed by atoms with Crippen molar-refractivity contribution in [2.24, 2.45) is 0 Å². The average molecular weight is 1160 g/mol. The van der Waals surface area contributed by atoms with Gasteiger partial charge in [0.05, 0.1) is 317 Å². The fraction of sp³-hybridized carbons (Fsp3) is 1.00. The summed E-state index contributed by atoms with van der Waals surface area (Å²) in [4.78, 5) is 0. The average Bonchev–Trinajstić information content (AvgIpc) is 3.46. The van der Waals surface area contributed by atoms with Crippen molar-refractivity contribution in [2.45, 2.75) is 6.48 Å². The SMILES string of the molecule is COCCOCCOCCOCCOCCOCCOCCOCCOC(OCCOCCOCCOCCOCCOCCOCCOCCOC)OCCOCCOCCOCCOCCOCCOCCOCCOC. The van der Waals surface area contributed by atoms with Crippen LogP contribution in [0.5, 0.6) is 0 Å². The van der Waals surface area contributed by atoms with Crippen LogP contribution in [0, 0.1) is 0 Å². The molecule has 0 amide bonds. The molecule has 0 aromatic carbocycles. The molecule has 0 aliphatic rings. The highest BCUT2D eigenvalue weighted by atomic mass is 16.8. The van der Waals surface area contributed by atoms with E-state index in [4.69, 9.17) is 128 Å². The topological polar surface area (TPSA) is 249 Å². The summed E-state index contributed by atoms with van der Waals surface area (Å²) >= 11 is 0. The molecule has 0 heterocycles. The van der Waals surface area contributed by atoms with E-state index >= 15 is 0 Å². The number of rotatable bonds is 75. The van der Waals surface area contributed by atoms with E-state index < -0.39 is 6.48 Å². The van der Waals surface area contributed by atoms with E-state index in [1.165, 1.54) is 0 Å². The van der Waals surface area contributed by atoms with Gasteiger partial charge < -0.3 is 128 Å². The maximum Gasteiger partial charge on any atom is 0.271 e. The first-order valence-electron chi connectivity index (χ1n) is 27.8. The highest BCUT2D eigenvalue weighted by Gasteiger charge is 2.11.